The Bertz CT molecular complexity index is 799. The first-order valence-electron chi connectivity index (χ1n) is 6.25. The number of imide groups is 1. The van der Waals surface area contributed by atoms with Gasteiger partial charge in [0.2, 0.25) is 11.5 Å². The van der Waals surface area contributed by atoms with Gasteiger partial charge >= 0.3 is 0 Å². The lowest BCUT2D eigenvalue weighted by atomic mass is 10.0. The van der Waals surface area contributed by atoms with Gasteiger partial charge < -0.3 is 9.72 Å². The molecule has 2 N–H and O–H groups in total. The van der Waals surface area contributed by atoms with Crippen molar-refractivity contribution in [1.29, 1.82) is 0 Å². The molecule has 1 fully saturated rings. The van der Waals surface area contributed by atoms with Crippen LogP contribution in [0.2, 0.25) is 0 Å². The molecule has 0 radical (unpaired) electrons. The number of amides is 2. The Kier molecular flexibility index (Phi) is 3.52. The molecule has 2 aromatic rings. The van der Waals surface area contributed by atoms with Crippen molar-refractivity contribution in [3.8, 4) is 0 Å². The monoisotopic (exact) mass is 304 g/mol. The normalized spacial score (nSPS) is 18.2. The predicted molar refractivity (Wildman–Crippen MR) is 79.2 cm³/mol. The molecule has 0 saturated carbocycles. The van der Waals surface area contributed by atoms with E-state index in [0.717, 1.165) is 22.7 Å². The number of thioether (sulfide) groups is 1. The van der Waals surface area contributed by atoms with Crippen LogP contribution in [0.1, 0.15) is 16.4 Å². The summed E-state index contributed by atoms with van der Waals surface area (Å²) >= 11 is 0.942. The number of aromatic nitrogens is 1. The van der Waals surface area contributed by atoms with E-state index in [-0.39, 0.29) is 16.7 Å². The molecule has 1 aliphatic heterocycles. The molecule has 1 saturated heterocycles. The summed E-state index contributed by atoms with van der Waals surface area (Å²) in [5.41, 5.74) is 1.93. The molecule has 6 nitrogen and oxygen atoms in total. The van der Waals surface area contributed by atoms with Gasteiger partial charge in [-0.05, 0) is 23.4 Å². The Morgan fingerprint density at radius 3 is 2.67 bits per heavy atom. The van der Waals surface area contributed by atoms with E-state index in [4.69, 9.17) is 4.74 Å². The molecule has 0 aliphatic carbocycles. The van der Waals surface area contributed by atoms with Crippen molar-refractivity contribution in [1.82, 2.24) is 10.3 Å². The summed E-state index contributed by atoms with van der Waals surface area (Å²) in [7, 11) is 1.57. The average Bonchev–Trinajstić information content (AvgIpc) is 2.78. The lowest BCUT2D eigenvalue weighted by molar-refractivity contribution is -0.119. The molecule has 21 heavy (non-hydrogen) atoms. The Morgan fingerprint density at radius 2 is 2.00 bits per heavy atom. The van der Waals surface area contributed by atoms with Crippen LogP contribution in [0.15, 0.2) is 29.1 Å². The number of H-pyrrole nitrogens is 1. The lowest BCUT2D eigenvalue weighted by Crippen LogP contribution is -2.20. The first-order valence-corrected chi connectivity index (χ1v) is 7.13. The zero-order chi connectivity index (χ0) is 15.0. The topological polar surface area (TPSA) is 88.3 Å². The molecule has 1 aromatic heterocycles. The number of rotatable bonds is 3. The molecular formula is C14H12N2O4S. The maximum Gasteiger partial charge on any atom is 0.286 e. The second-order valence-electron chi connectivity index (χ2n) is 4.63. The summed E-state index contributed by atoms with van der Waals surface area (Å²) < 4.78 is 5.12. The van der Waals surface area contributed by atoms with Gasteiger partial charge in [0, 0.05) is 24.1 Å². The maximum absolute atomic E-state index is 11.9. The standard InChI is InChI=1S/C14H12N2O4S/c1-20-6-7-2-3-9(12-13(18)16-14(19)21-12)8-4-5-10(17)15-11(7)8/h2-5,12H,6H2,1H3,(H,15,17)(H,16,18,19). The van der Waals surface area contributed by atoms with Crippen LogP contribution in [0.25, 0.3) is 10.9 Å². The zero-order valence-electron chi connectivity index (χ0n) is 11.1. The summed E-state index contributed by atoms with van der Waals surface area (Å²) in [6.07, 6.45) is 0. The van der Waals surface area contributed by atoms with E-state index >= 15 is 0 Å². The van der Waals surface area contributed by atoms with Crippen molar-refractivity contribution in [3.63, 3.8) is 0 Å². The number of nitrogens with one attached hydrogen (secondary N) is 2. The number of ether oxygens (including phenoxy) is 1. The van der Waals surface area contributed by atoms with Gasteiger partial charge in [-0.1, -0.05) is 12.1 Å². The van der Waals surface area contributed by atoms with Crippen molar-refractivity contribution in [3.05, 3.63) is 45.7 Å². The average molecular weight is 304 g/mol. The van der Waals surface area contributed by atoms with Gasteiger partial charge in [0.05, 0.1) is 12.1 Å². The fourth-order valence-electron chi connectivity index (χ4n) is 2.40. The van der Waals surface area contributed by atoms with Crippen molar-refractivity contribution in [2.75, 3.05) is 7.11 Å². The second kappa shape index (κ2) is 5.34. The van der Waals surface area contributed by atoms with E-state index in [1.165, 1.54) is 6.07 Å². The number of hydrogen-bond donors (Lipinski definition) is 2. The number of methoxy groups -OCH3 is 1. The van der Waals surface area contributed by atoms with Gasteiger partial charge in [0.25, 0.3) is 5.24 Å². The van der Waals surface area contributed by atoms with Crippen molar-refractivity contribution < 1.29 is 14.3 Å². The molecule has 1 atom stereocenters. The summed E-state index contributed by atoms with van der Waals surface area (Å²) in [6.45, 7) is 0.347. The number of carbonyl (C=O) groups is 2. The van der Waals surface area contributed by atoms with E-state index < -0.39 is 5.25 Å². The van der Waals surface area contributed by atoms with Crippen LogP contribution < -0.4 is 10.9 Å². The van der Waals surface area contributed by atoms with Crippen molar-refractivity contribution in [2.24, 2.45) is 0 Å². The maximum atomic E-state index is 11.9. The second-order valence-corrected chi connectivity index (χ2v) is 5.71. The third-order valence-electron chi connectivity index (χ3n) is 3.29. The Hall–Kier alpha value is -2.12. The number of pyridine rings is 1. The summed E-state index contributed by atoms with van der Waals surface area (Å²) in [4.78, 5) is 37.5. The van der Waals surface area contributed by atoms with E-state index in [2.05, 4.69) is 10.3 Å². The highest BCUT2D eigenvalue weighted by molar-refractivity contribution is 8.15. The molecule has 1 unspecified atom stereocenters. The van der Waals surface area contributed by atoms with Gasteiger partial charge in [-0.15, -0.1) is 0 Å². The van der Waals surface area contributed by atoms with E-state index in [1.807, 2.05) is 0 Å². The van der Waals surface area contributed by atoms with Gasteiger partial charge in [0.1, 0.15) is 5.25 Å². The molecule has 2 heterocycles. The smallest absolute Gasteiger partial charge is 0.286 e. The molecule has 3 rings (SSSR count). The van der Waals surface area contributed by atoms with E-state index in [0.29, 0.717) is 17.7 Å². The van der Waals surface area contributed by atoms with Gasteiger partial charge in [-0.25, -0.2) is 0 Å². The van der Waals surface area contributed by atoms with Crippen LogP contribution in [0, 0.1) is 0 Å². The molecule has 0 bridgehead atoms. The van der Waals surface area contributed by atoms with Crippen LogP contribution in [0.5, 0.6) is 0 Å². The minimum atomic E-state index is -0.595. The van der Waals surface area contributed by atoms with Crippen molar-refractivity contribution >= 4 is 33.8 Å². The molecular weight excluding hydrogens is 292 g/mol. The SMILES string of the molecule is COCc1ccc(C2SC(=O)NC2=O)c2ccc(=O)[nH]c12. The number of aromatic amines is 1. The zero-order valence-corrected chi connectivity index (χ0v) is 12.0. The highest BCUT2D eigenvalue weighted by atomic mass is 32.2. The van der Waals surface area contributed by atoms with Gasteiger partial charge in [-0.2, -0.15) is 0 Å². The number of benzene rings is 1. The fraction of sp³-hybridized carbons (Fsp3) is 0.214. The minimum absolute atomic E-state index is 0.225. The highest BCUT2D eigenvalue weighted by Crippen LogP contribution is 2.38. The molecule has 0 spiro atoms. The van der Waals surface area contributed by atoms with E-state index in [9.17, 15) is 14.4 Å². The van der Waals surface area contributed by atoms with Crippen LogP contribution in [-0.2, 0) is 16.1 Å². The highest BCUT2D eigenvalue weighted by Gasteiger charge is 2.34. The quantitative estimate of drug-likeness (QED) is 0.901. The van der Waals surface area contributed by atoms with Crippen molar-refractivity contribution in [2.45, 2.75) is 11.9 Å². The van der Waals surface area contributed by atoms with Gasteiger partial charge in [-0.3, -0.25) is 19.7 Å². The summed E-state index contributed by atoms with van der Waals surface area (Å²) in [5, 5.41) is 2.06. The fourth-order valence-corrected chi connectivity index (χ4v) is 3.27. The number of carbonyl (C=O) groups excluding carboxylic acids is 2. The minimum Gasteiger partial charge on any atom is -0.380 e. The third kappa shape index (κ3) is 2.45. The number of hydrogen-bond acceptors (Lipinski definition) is 5. The van der Waals surface area contributed by atoms with Gasteiger partial charge in [0.15, 0.2) is 0 Å². The molecule has 2 amide bonds. The molecule has 108 valence electrons. The lowest BCUT2D eigenvalue weighted by Gasteiger charge is -2.12. The first-order chi connectivity index (χ1) is 10.1. The van der Waals surface area contributed by atoms with E-state index in [1.54, 1.807) is 25.3 Å². The molecule has 1 aromatic carbocycles. The molecule has 7 heteroatoms. The Balaban J connectivity index is 2.21. The van der Waals surface area contributed by atoms with Crippen LogP contribution >= 0.6 is 11.8 Å². The summed E-state index contributed by atoms with van der Waals surface area (Å²) in [6, 6.07) is 6.67. The van der Waals surface area contributed by atoms with Crippen LogP contribution in [0.4, 0.5) is 4.79 Å². The first kappa shape index (κ1) is 13.8. The van der Waals surface area contributed by atoms with Crippen LogP contribution in [0.3, 0.4) is 0 Å². The third-order valence-corrected chi connectivity index (χ3v) is 4.31. The molecule has 1 aliphatic rings. The summed E-state index contributed by atoms with van der Waals surface area (Å²) in [5.74, 6) is -0.336. The number of fused-ring (bicyclic) bond motifs is 1. The largest absolute Gasteiger partial charge is 0.380 e. The van der Waals surface area contributed by atoms with Crippen LogP contribution in [-0.4, -0.2) is 23.2 Å². The predicted octanol–water partition coefficient (Wildman–Crippen LogP) is 1.70. The Labute approximate surface area is 123 Å². The Morgan fingerprint density at radius 1 is 1.19 bits per heavy atom.